The van der Waals surface area contributed by atoms with Crippen molar-refractivity contribution in [1.29, 1.82) is 0 Å². The van der Waals surface area contributed by atoms with Crippen LogP contribution in [0.1, 0.15) is 37.8 Å². The van der Waals surface area contributed by atoms with Crippen molar-refractivity contribution in [2.75, 3.05) is 13.6 Å². The number of hydrogen-bond acceptors (Lipinski definition) is 3. The zero-order chi connectivity index (χ0) is 16.5. The first-order chi connectivity index (χ1) is 10.2. The largest absolute Gasteiger partial charge is 0.452 e. The molecule has 0 N–H and O–H groups in total. The summed E-state index contributed by atoms with van der Waals surface area (Å²) in [5, 5.41) is 0. The fraction of sp³-hybridized carbons (Fsp3) is 0.562. The van der Waals surface area contributed by atoms with Crippen LogP contribution >= 0.6 is 0 Å². The highest BCUT2D eigenvalue weighted by Crippen LogP contribution is 2.42. The Hall–Kier alpha value is -1.56. The van der Waals surface area contributed by atoms with Crippen molar-refractivity contribution < 1.29 is 22.7 Å². The lowest BCUT2D eigenvalue weighted by molar-refractivity contribution is -0.163. The lowest BCUT2D eigenvalue weighted by atomic mass is 9.86. The molecule has 1 heterocycles. The van der Waals surface area contributed by atoms with Gasteiger partial charge < -0.3 is 4.74 Å². The average molecular weight is 315 g/mol. The van der Waals surface area contributed by atoms with E-state index in [1.807, 2.05) is 18.9 Å². The zero-order valence-electron chi connectivity index (χ0n) is 12.9. The van der Waals surface area contributed by atoms with Gasteiger partial charge in [0.15, 0.2) is 5.60 Å². The van der Waals surface area contributed by atoms with E-state index in [-0.39, 0.29) is 12.5 Å². The normalized spacial score (nSPS) is 26.2. The van der Waals surface area contributed by atoms with Crippen LogP contribution in [0.3, 0.4) is 0 Å². The topological polar surface area (TPSA) is 29.5 Å². The third-order valence-corrected chi connectivity index (χ3v) is 4.44. The van der Waals surface area contributed by atoms with Crippen molar-refractivity contribution in [3.63, 3.8) is 0 Å². The predicted octanol–water partition coefficient (Wildman–Crippen LogP) is 3.58. The Bertz CT molecular complexity index is 559. The molecule has 6 heteroatoms. The molecule has 0 spiro atoms. The van der Waals surface area contributed by atoms with E-state index in [0.29, 0.717) is 18.5 Å². The van der Waals surface area contributed by atoms with E-state index in [1.54, 1.807) is 13.0 Å². The Morgan fingerprint density at radius 3 is 2.64 bits per heavy atom. The molecular weight excluding hydrogens is 295 g/mol. The van der Waals surface area contributed by atoms with Crippen molar-refractivity contribution in [3.8, 4) is 0 Å². The fourth-order valence-corrected chi connectivity index (χ4v) is 2.92. The van der Waals surface area contributed by atoms with Crippen LogP contribution < -0.4 is 0 Å². The van der Waals surface area contributed by atoms with Crippen LogP contribution in [0.5, 0.6) is 0 Å². The molecular formula is C16H20F3NO2. The van der Waals surface area contributed by atoms with E-state index in [4.69, 9.17) is 4.74 Å². The number of likely N-dealkylation sites (tertiary alicyclic amines) is 1. The van der Waals surface area contributed by atoms with E-state index < -0.39 is 23.3 Å². The number of benzene rings is 1. The number of likely N-dealkylation sites (N-methyl/N-ethyl adjacent to an activating group) is 1. The first-order valence-corrected chi connectivity index (χ1v) is 7.30. The predicted molar refractivity (Wildman–Crippen MR) is 76.2 cm³/mol. The van der Waals surface area contributed by atoms with E-state index in [0.717, 1.165) is 12.1 Å². The Balaban J connectivity index is 2.49. The molecule has 0 saturated carbocycles. The molecule has 1 aliphatic rings. The summed E-state index contributed by atoms with van der Waals surface area (Å²) in [5.74, 6) is -0.403. The van der Waals surface area contributed by atoms with Crippen LogP contribution in [-0.4, -0.2) is 30.5 Å². The summed E-state index contributed by atoms with van der Waals surface area (Å²) in [7, 11) is 1.87. The number of esters is 1. The summed E-state index contributed by atoms with van der Waals surface area (Å²) in [6, 6.07) is 4.91. The highest BCUT2D eigenvalue weighted by Gasteiger charge is 2.48. The number of rotatable bonds is 3. The summed E-state index contributed by atoms with van der Waals surface area (Å²) in [6.45, 7) is 4.20. The number of hydrogen-bond donors (Lipinski definition) is 0. The van der Waals surface area contributed by atoms with Gasteiger partial charge in [-0.3, -0.25) is 9.69 Å². The van der Waals surface area contributed by atoms with E-state index in [2.05, 4.69) is 0 Å². The van der Waals surface area contributed by atoms with Gasteiger partial charge in [0.05, 0.1) is 11.6 Å². The molecule has 1 fully saturated rings. The van der Waals surface area contributed by atoms with Crippen LogP contribution in [0.2, 0.25) is 0 Å². The zero-order valence-corrected chi connectivity index (χ0v) is 12.9. The summed E-state index contributed by atoms with van der Waals surface area (Å²) in [6.07, 6.45) is -3.74. The van der Waals surface area contributed by atoms with Gasteiger partial charge in [-0.15, -0.1) is 0 Å². The fourth-order valence-electron chi connectivity index (χ4n) is 2.92. The molecule has 0 radical (unpaired) electrons. The molecule has 2 rings (SSSR count). The third kappa shape index (κ3) is 2.97. The highest BCUT2D eigenvalue weighted by molar-refractivity contribution is 5.70. The lowest BCUT2D eigenvalue weighted by Crippen LogP contribution is -2.42. The van der Waals surface area contributed by atoms with Gasteiger partial charge in [0.25, 0.3) is 0 Å². The standard InChI is InChI=1S/C16H20F3NO2/c1-4-14(21)22-15(8-9-20(3)11(15)2)12-6-5-7-13(10-12)16(17,18)19/h5-7,10-11H,4,8-9H2,1-3H3. The van der Waals surface area contributed by atoms with Crippen molar-refractivity contribution >= 4 is 5.97 Å². The van der Waals surface area contributed by atoms with Gasteiger partial charge in [-0.25, -0.2) is 0 Å². The van der Waals surface area contributed by atoms with Gasteiger partial charge in [0.2, 0.25) is 0 Å². The van der Waals surface area contributed by atoms with E-state index >= 15 is 0 Å². The molecule has 2 unspecified atom stereocenters. The van der Waals surface area contributed by atoms with Gasteiger partial charge in [-0.1, -0.05) is 19.1 Å². The van der Waals surface area contributed by atoms with E-state index in [9.17, 15) is 18.0 Å². The van der Waals surface area contributed by atoms with Gasteiger partial charge >= 0.3 is 12.1 Å². The second-order valence-electron chi connectivity index (χ2n) is 5.70. The Labute approximate surface area is 128 Å². The molecule has 3 nitrogen and oxygen atoms in total. The maximum atomic E-state index is 13.0. The second kappa shape index (κ2) is 5.91. The maximum Gasteiger partial charge on any atom is 0.416 e. The SMILES string of the molecule is CCC(=O)OC1(c2cccc(C(F)(F)F)c2)CCN(C)C1C. The molecule has 1 saturated heterocycles. The third-order valence-electron chi connectivity index (χ3n) is 4.44. The lowest BCUT2D eigenvalue weighted by Gasteiger charge is -2.35. The molecule has 1 aromatic rings. The van der Waals surface area contributed by atoms with Crippen LogP contribution in [-0.2, 0) is 21.3 Å². The number of ether oxygens (including phenoxy) is 1. The second-order valence-corrected chi connectivity index (χ2v) is 5.70. The van der Waals surface area contributed by atoms with Crippen molar-refractivity contribution in [2.45, 2.75) is 44.5 Å². The number of nitrogens with zero attached hydrogens (tertiary/aromatic N) is 1. The van der Waals surface area contributed by atoms with Crippen LogP contribution in [0.15, 0.2) is 24.3 Å². The number of carbonyl (C=O) groups excluding carboxylic acids is 1. The molecule has 0 aromatic heterocycles. The van der Waals surface area contributed by atoms with E-state index in [1.165, 1.54) is 6.07 Å². The average Bonchev–Trinajstić information content (AvgIpc) is 2.76. The Kier molecular flexibility index (Phi) is 4.52. The smallest absolute Gasteiger partial charge is 0.416 e. The van der Waals surface area contributed by atoms with Gasteiger partial charge in [0, 0.05) is 19.4 Å². The number of halogens is 3. The molecule has 0 amide bonds. The maximum absolute atomic E-state index is 13.0. The van der Waals surface area contributed by atoms with Gasteiger partial charge in [0.1, 0.15) is 0 Å². The molecule has 2 atom stereocenters. The van der Waals surface area contributed by atoms with Crippen molar-refractivity contribution in [1.82, 2.24) is 4.90 Å². The summed E-state index contributed by atoms with van der Waals surface area (Å²) < 4.78 is 44.5. The first kappa shape index (κ1) is 16.8. The van der Waals surface area contributed by atoms with Crippen LogP contribution in [0.25, 0.3) is 0 Å². The quantitative estimate of drug-likeness (QED) is 0.799. The summed E-state index contributed by atoms with van der Waals surface area (Å²) >= 11 is 0. The first-order valence-electron chi connectivity index (χ1n) is 7.30. The molecule has 122 valence electrons. The minimum Gasteiger partial charge on any atom is -0.452 e. The monoisotopic (exact) mass is 315 g/mol. The molecule has 22 heavy (non-hydrogen) atoms. The minimum absolute atomic E-state index is 0.188. The number of carbonyl (C=O) groups is 1. The van der Waals surface area contributed by atoms with Gasteiger partial charge in [-0.2, -0.15) is 13.2 Å². The molecule has 0 aliphatic carbocycles. The summed E-state index contributed by atoms with van der Waals surface area (Å²) in [5.41, 5.74) is -1.34. The number of alkyl halides is 3. The molecule has 1 aliphatic heterocycles. The van der Waals surface area contributed by atoms with Gasteiger partial charge in [-0.05, 0) is 31.7 Å². The van der Waals surface area contributed by atoms with Crippen molar-refractivity contribution in [3.05, 3.63) is 35.4 Å². The minimum atomic E-state index is -4.42. The highest BCUT2D eigenvalue weighted by atomic mass is 19.4. The Morgan fingerprint density at radius 1 is 1.45 bits per heavy atom. The van der Waals surface area contributed by atoms with Crippen LogP contribution in [0.4, 0.5) is 13.2 Å². The Morgan fingerprint density at radius 2 is 2.14 bits per heavy atom. The van der Waals surface area contributed by atoms with Crippen molar-refractivity contribution in [2.24, 2.45) is 0 Å². The van der Waals surface area contributed by atoms with Crippen LogP contribution in [0, 0.1) is 0 Å². The summed E-state index contributed by atoms with van der Waals surface area (Å²) in [4.78, 5) is 13.8. The molecule has 0 bridgehead atoms. The molecule has 1 aromatic carbocycles.